The van der Waals surface area contributed by atoms with Gasteiger partial charge in [-0.05, 0) is 26.3 Å². The molecule has 0 aliphatic carbocycles. The largest absolute Gasteiger partial charge is 0.377 e. The Bertz CT molecular complexity index is 334. The molecule has 1 aliphatic rings. The summed E-state index contributed by atoms with van der Waals surface area (Å²) in [5.74, 6) is 0.865. The fourth-order valence-corrected chi connectivity index (χ4v) is 2.16. The van der Waals surface area contributed by atoms with Crippen molar-refractivity contribution < 1.29 is 9.26 Å². The number of aromatic nitrogens is 1. The molecule has 1 atom stereocenters. The van der Waals surface area contributed by atoms with E-state index in [1.165, 1.54) is 12.8 Å². The van der Waals surface area contributed by atoms with E-state index in [4.69, 9.17) is 15.0 Å². The van der Waals surface area contributed by atoms with Crippen LogP contribution in [-0.4, -0.2) is 36.4 Å². The molecule has 1 aromatic heterocycles. The van der Waals surface area contributed by atoms with Gasteiger partial charge in [-0.2, -0.15) is 0 Å². The van der Waals surface area contributed by atoms with Crippen molar-refractivity contribution in [1.82, 2.24) is 10.1 Å². The zero-order valence-corrected chi connectivity index (χ0v) is 10.4. The molecule has 0 saturated carbocycles. The van der Waals surface area contributed by atoms with Crippen LogP contribution in [0.15, 0.2) is 10.6 Å². The second-order valence-corrected chi connectivity index (χ2v) is 4.67. The van der Waals surface area contributed by atoms with Crippen molar-refractivity contribution >= 4 is 0 Å². The quantitative estimate of drug-likeness (QED) is 0.834. The van der Waals surface area contributed by atoms with Crippen molar-refractivity contribution in [2.45, 2.75) is 38.5 Å². The van der Waals surface area contributed by atoms with Gasteiger partial charge in [0.25, 0.3) is 0 Å². The van der Waals surface area contributed by atoms with Crippen molar-refractivity contribution in [3.63, 3.8) is 0 Å². The predicted octanol–water partition coefficient (Wildman–Crippen LogP) is 1.13. The van der Waals surface area contributed by atoms with Gasteiger partial charge >= 0.3 is 0 Å². The molecule has 2 N–H and O–H groups in total. The maximum atomic E-state index is 5.70. The molecule has 1 fully saturated rings. The third kappa shape index (κ3) is 3.80. The highest BCUT2D eigenvalue weighted by Crippen LogP contribution is 2.14. The second-order valence-electron chi connectivity index (χ2n) is 4.67. The van der Waals surface area contributed by atoms with Crippen molar-refractivity contribution in [2.75, 3.05) is 20.2 Å². The summed E-state index contributed by atoms with van der Waals surface area (Å²) in [7, 11) is 2.07. The number of hydrogen-bond acceptors (Lipinski definition) is 5. The van der Waals surface area contributed by atoms with Crippen molar-refractivity contribution in [3.05, 3.63) is 17.5 Å². The van der Waals surface area contributed by atoms with E-state index >= 15 is 0 Å². The highest BCUT2D eigenvalue weighted by molar-refractivity contribution is 5.04. The lowest BCUT2D eigenvalue weighted by atomic mass is 10.1. The number of rotatable bonds is 5. The molecule has 2 heterocycles. The Labute approximate surface area is 102 Å². The van der Waals surface area contributed by atoms with Gasteiger partial charge in [0.15, 0.2) is 5.76 Å². The molecule has 1 aliphatic heterocycles. The van der Waals surface area contributed by atoms with E-state index in [-0.39, 0.29) is 0 Å². The van der Waals surface area contributed by atoms with E-state index < -0.39 is 0 Å². The van der Waals surface area contributed by atoms with E-state index in [0.717, 1.165) is 37.6 Å². The Morgan fingerprint density at radius 3 is 3.06 bits per heavy atom. The maximum absolute atomic E-state index is 5.70. The first-order valence-electron chi connectivity index (χ1n) is 6.22. The summed E-state index contributed by atoms with van der Waals surface area (Å²) in [6.07, 6.45) is 4.00. The van der Waals surface area contributed by atoms with Gasteiger partial charge in [-0.15, -0.1) is 0 Å². The smallest absolute Gasteiger partial charge is 0.151 e. The van der Waals surface area contributed by atoms with Crippen LogP contribution in [0.3, 0.4) is 0 Å². The van der Waals surface area contributed by atoms with Crippen LogP contribution >= 0.6 is 0 Å². The van der Waals surface area contributed by atoms with Crippen molar-refractivity contribution in [3.8, 4) is 0 Å². The summed E-state index contributed by atoms with van der Waals surface area (Å²) in [5, 5.41) is 3.88. The lowest BCUT2D eigenvalue weighted by Gasteiger charge is -2.26. The van der Waals surface area contributed by atoms with Gasteiger partial charge in [0.1, 0.15) is 0 Å². The van der Waals surface area contributed by atoms with E-state index in [9.17, 15) is 0 Å². The molecule has 5 heteroatoms. The molecular formula is C12H21N3O2. The molecule has 1 unspecified atom stereocenters. The summed E-state index contributed by atoms with van der Waals surface area (Å²) < 4.78 is 10.9. The molecule has 5 nitrogen and oxygen atoms in total. The van der Waals surface area contributed by atoms with Crippen LogP contribution in [0.1, 0.15) is 30.7 Å². The Morgan fingerprint density at radius 1 is 1.53 bits per heavy atom. The summed E-state index contributed by atoms with van der Waals surface area (Å²) >= 11 is 0. The number of ether oxygens (including phenoxy) is 1. The zero-order valence-electron chi connectivity index (χ0n) is 10.4. The van der Waals surface area contributed by atoms with Crippen molar-refractivity contribution in [2.24, 2.45) is 5.73 Å². The Balaban J connectivity index is 1.77. The monoisotopic (exact) mass is 239 g/mol. The molecule has 1 aromatic rings. The van der Waals surface area contributed by atoms with E-state index in [1.54, 1.807) is 0 Å². The highest BCUT2D eigenvalue weighted by Gasteiger charge is 2.16. The Kier molecular flexibility index (Phi) is 4.53. The fourth-order valence-electron chi connectivity index (χ4n) is 2.16. The van der Waals surface area contributed by atoms with Gasteiger partial charge in [0, 0.05) is 25.8 Å². The van der Waals surface area contributed by atoms with Gasteiger partial charge in [-0.25, -0.2) is 0 Å². The summed E-state index contributed by atoms with van der Waals surface area (Å²) in [6, 6.07) is 1.91. The van der Waals surface area contributed by atoms with E-state index in [2.05, 4.69) is 17.1 Å². The van der Waals surface area contributed by atoms with Gasteiger partial charge in [-0.1, -0.05) is 5.16 Å². The number of likely N-dealkylation sites (N-methyl/N-ethyl adjacent to an activating group) is 1. The molecular weight excluding hydrogens is 218 g/mol. The summed E-state index contributed by atoms with van der Waals surface area (Å²) in [5.41, 5.74) is 6.29. The minimum absolute atomic E-state index is 0.366. The lowest BCUT2D eigenvalue weighted by molar-refractivity contribution is -0.00360. The van der Waals surface area contributed by atoms with Crippen LogP contribution < -0.4 is 5.73 Å². The van der Waals surface area contributed by atoms with Gasteiger partial charge in [0.2, 0.25) is 0 Å². The SMILES string of the molecule is CN(Cc1cc(CN)no1)CC1CCCCO1. The van der Waals surface area contributed by atoms with Gasteiger partial charge < -0.3 is 15.0 Å². The minimum atomic E-state index is 0.366. The van der Waals surface area contributed by atoms with Crippen molar-refractivity contribution in [1.29, 1.82) is 0 Å². The molecule has 1 saturated heterocycles. The van der Waals surface area contributed by atoms with Crippen LogP contribution in [-0.2, 0) is 17.8 Å². The fraction of sp³-hybridized carbons (Fsp3) is 0.750. The molecule has 96 valence electrons. The van der Waals surface area contributed by atoms with Gasteiger partial charge in [-0.3, -0.25) is 4.90 Å². The second kappa shape index (κ2) is 6.14. The third-order valence-electron chi connectivity index (χ3n) is 3.03. The Morgan fingerprint density at radius 2 is 2.41 bits per heavy atom. The Hall–Kier alpha value is -0.910. The highest BCUT2D eigenvalue weighted by atomic mass is 16.5. The van der Waals surface area contributed by atoms with Crippen LogP contribution in [0.2, 0.25) is 0 Å². The molecule has 17 heavy (non-hydrogen) atoms. The first-order valence-corrected chi connectivity index (χ1v) is 6.22. The average Bonchev–Trinajstić information content (AvgIpc) is 2.78. The number of hydrogen-bond donors (Lipinski definition) is 1. The summed E-state index contributed by atoms with van der Waals surface area (Å²) in [4.78, 5) is 2.21. The van der Waals surface area contributed by atoms with Crippen LogP contribution in [0.25, 0.3) is 0 Å². The van der Waals surface area contributed by atoms with Crippen LogP contribution in [0.4, 0.5) is 0 Å². The van der Waals surface area contributed by atoms with Gasteiger partial charge in [0.05, 0.1) is 18.3 Å². The number of nitrogens with zero attached hydrogens (tertiary/aromatic N) is 2. The molecule has 0 aromatic carbocycles. The lowest BCUT2D eigenvalue weighted by Crippen LogP contribution is -2.32. The average molecular weight is 239 g/mol. The normalized spacial score (nSPS) is 21.0. The zero-order chi connectivity index (χ0) is 12.1. The number of nitrogens with two attached hydrogens (primary N) is 1. The minimum Gasteiger partial charge on any atom is -0.377 e. The maximum Gasteiger partial charge on any atom is 0.151 e. The van der Waals surface area contributed by atoms with Crippen LogP contribution in [0, 0.1) is 0 Å². The predicted molar refractivity (Wildman–Crippen MR) is 64.3 cm³/mol. The standard InChI is InChI=1S/C12H21N3O2/c1-15(8-11-4-2-3-5-16-11)9-12-6-10(7-13)14-17-12/h6,11H,2-5,7-9,13H2,1H3. The molecule has 0 radical (unpaired) electrons. The topological polar surface area (TPSA) is 64.5 Å². The summed E-state index contributed by atoms with van der Waals surface area (Å²) in [6.45, 7) is 3.03. The first kappa shape index (κ1) is 12.5. The molecule has 0 bridgehead atoms. The third-order valence-corrected chi connectivity index (χ3v) is 3.03. The molecule has 0 spiro atoms. The van der Waals surface area contributed by atoms with E-state index in [0.29, 0.717) is 12.6 Å². The first-order chi connectivity index (χ1) is 8.28. The molecule has 2 rings (SSSR count). The molecule has 0 amide bonds. The van der Waals surface area contributed by atoms with E-state index in [1.807, 2.05) is 6.07 Å². The van der Waals surface area contributed by atoms with Crippen LogP contribution in [0.5, 0.6) is 0 Å².